The Labute approximate surface area is 97.2 Å². The Morgan fingerprint density at radius 1 is 1.19 bits per heavy atom. The van der Waals surface area contributed by atoms with Gasteiger partial charge in [-0.1, -0.05) is 0 Å². The van der Waals surface area contributed by atoms with Crippen molar-refractivity contribution in [3.8, 4) is 10.7 Å². The van der Waals surface area contributed by atoms with E-state index in [2.05, 4.69) is 40.2 Å². The third kappa shape index (κ3) is 1.34. The lowest BCUT2D eigenvalue weighted by Gasteiger charge is -1.92. The van der Waals surface area contributed by atoms with E-state index >= 15 is 0 Å². The van der Waals surface area contributed by atoms with E-state index in [0.717, 1.165) is 17.0 Å². The summed E-state index contributed by atoms with van der Waals surface area (Å²) in [4.78, 5) is 13.3. The first-order chi connectivity index (χ1) is 7.75. The average molecular weight is 229 g/mol. The van der Waals surface area contributed by atoms with Crippen molar-refractivity contribution < 1.29 is 0 Å². The minimum absolute atomic E-state index is 0.794. The molecule has 3 heterocycles. The standard InChI is InChI=1S/C12H11N3S/c1-7-3-5-13-11-9(7)14-12(15-11)10-8(2)4-6-16-10/h3-6H,1-2H3,(H,13,14,15). The van der Waals surface area contributed by atoms with Crippen molar-refractivity contribution in [2.45, 2.75) is 13.8 Å². The summed E-state index contributed by atoms with van der Waals surface area (Å²) in [6.45, 7) is 4.16. The molecule has 0 spiro atoms. The van der Waals surface area contributed by atoms with Crippen LogP contribution in [0.4, 0.5) is 0 Å². The zero-order chi connectivity index (χ0) is 11.1. The Morgan fingerprint density at radius 2 is 2.06 bits per heavy atom. The summed E-state index contributed by atoms with van der Waals surface area (Å²) in [5, 5.41) is 2.08. The van der Waals surface area contributed by atoms with Gasteiger partial charge >= 0.3 is 0 Å². The quantitative estimate of drug-likeness (QED) is 0.695. The fourth-order valence-corrected chi connectivity index (χ4v) is 2.63. The molecule has 1 N–H and O–H groups in total. The van der Waals surface area contributed by atoms with Crippen molar-refractivity contribution in [3.63, 3.8) is 0 Å². The van der Waals surface area contributed by atoms with Crippen LogP contribution in [0.2, 0.25) is 0 Å². The number of aryl methyl sites for hydroxylation is 2. The summed E-state index contributed by atoms with van der Waals surface area (Å²) in [6.07, 6.45) is 1.80. The fraction of sp³-hybridized carbons (Fsp3) is 0.167. The van der Waals surface area contributed by atoms with Crippen LogP contribution in [0.25, 0.3) is 21.9 Å². The molecule has 0 saturated carbocycles. The molecule has 16 heavy (non-hydrogen) atoms. The molecule has 0 unspecified atom stereocenters. The molecule has 0 aliphatic rings. The number of hydrogen-bond donors (Lipinski definition) is 1. The normalized spacial score (nSPS) is 11.1. The van der Waals surface area contributed by atoms with Crippen molar-refractivity contribution in [1.82, 2.24) is 15.0 Å². The van der Waals surface area contributed by atoms with Gasteiger partial charge in [-0.05, 0) is 42.5 Å². The summed E-state index contributed by atoms with van der Waals surface area (Å²) >= 11 is 1.70. The van der Waals surface area contributed by atoms with Gasteiger partial charge in [-0.15, -0.1) is 11.3 Å². The fourth-order valence-electron chi connectivity index (χ4n) is 1.76. The molecule has 3 rings (SSSR count). The molecule has 0 bridgehead atoms. The molecule has 0 aromatic carbocycles. The maximum absolute atomic E-state index is 4.52. The minimum Gasteiger partial charge on any atom is -0.336 e. The highest BCUT2D eigenvalue weighted by Crippen LogP contribution is 2.28. The lowest BCUT2D eigenvalue weighted by molar-refractivity contribution is 1.30. The molecule has 3 aromatic heterocycles. The topological polar surface area (TPSA) is 41.6 Å². The van der Waals surface area contributed by atoms with E-state index in [9.17, 15) is 0 Å². The number of aromatic nitrogens is 3. The van der Waals surface area contributed by atoms with Crippen LogP contribution in [0.5, 0.6) is 0 Å². The first-order valence-electron chi connectivity index (χ1n) is 5.11. The van der Waals surface area contributed by atoms with Crippen molar-refractivity contribution in [3.05, 3.63) is 34.8 Å². The summed E-state index contributed by atoms with van der Waals surface area (Å²) in [5.74, 6) is 0.921. The number of nitrogens with zero attached hydrogens (tertiary/aromatic N) is 2. The van der Waals surface area contributed by atoms with E-state index < -0.39 is 0 Å². The molecule has 80 valence electrons. The van der Waals surface area contributed by atoms with Gasteiger partial charge in [0.15, 0.2) is 11.5 Å². The van der Waals surface area contributed by atoms with Gasteiger partial charge in [0.05, 0.1) is 10.4 Å². The molecule has 0 atom stereocenters. The zero-order valence-electron chi connectivity index (χ0n) is 9.11. The van der Waals surface area contributed by atoms with Gasteiger partial charge in [0.2, 0.25) is 0 Å². The molecule has 0 aliphatic heterocycles. The lowest BCUT2D eigenvalue weighted by Crippen LogP contribution is -1.78. The van der Waals surface area contributed by atoms with E-state index in [-0.39, 0.29) is 0 Å². The first kappa shape index (κ1) is 9.54. The number of thiophene rings is 1. The maximum atomic E-state index is 4.52. The molecule has 3 aromatic rings. The average Bonchev–Trinajstić information content (AvgIpc) is 2.84. The smallest absolute Gasteiger partial charge is 0.178 e. The van der Waals surface area contributed by atoms with Crippen LogP contribution in [0, 0.1) is 13.8 Å². The Balaban J connectivity index is 2.27. The zero-order valence-corrected chi connectivity index (χ0v) is 9.93. The second-order valence-corrected chi connectivity index (χ2v) is 4.76. The number of rotatable bonds is 1. The monoisotopic (exact) mass is 229 g/mol. The third-order valence-corrected chi connectivity index (χ3v) is 3.70. The van der Waals surface area contributed by atoms with Crippen LogP contribution in [-0.2, 0) is 0 Å². The molecular weight excluding hydrogens is 218 g/mol. The van der Waals surface area contributed by atoms with Crippen LogP contribution in [0.1, 0.15) is 11.1 Å². The maximum Gasteiger partial charge on any atom is 0.178 e. The molecule has 0 fully saturated rings. The van der Waals surface area contributed by atoms with Gasteiger partial charge in [-0.2, -0.15) is 0 Å². The Hall–Kier alpha value is -1.68. The van der Waals surface area contributed by atoms with Gasteiger partial charge in [0, 0.05) is 6.20 Å². The van der Waals surface area contributed by atoms with Crippen LogP contribution in [0.15, 0.2) is 23.7 Å². The number of imidazole rings is 1. The van der Waals surface area contributed by atoms with Gasteiger partial charge in [-0.3, -0.25) is 0 Å². The molecular formula is C12H11N3S. The molecule has 3 nitrogen and oxygen atoms in total. The Kier molecular flexibility index (Phi) is 2.04. The van der Waals surface area contributed by atoms with Crippen LogP contribution >= 0.6 is 11.3 Å². The second-order valence-electron chi connectivity index (χ2n) is 3.84. The van der Waals surface area contributed by atoms with Gasteiger partial charge in [0.1, 0.15) is 0 Å². The summed E-state index contributed by atoms with van der Waals surface area (Å²) in [6, 6.07) is 4.10. The molecule has 0 saturated heterocycles. The molecule has 4 heteroatoms. The third-order valence-electron chi connectivity index (χ3n) is 2.68. The first-order valence-corrected chi connectivity index (χ1v) is 5.99. The highest BCUT2D eigenvalue weighted by molar-refractivity contribution is 7.13. The second kappa shape index (κ2) is 3.42. The number of aromatic amines is 1. The Morgan fingerprint density at radius 3 is 2.75 bits per heavy atom. The van der Waals surface area contributed by atoms with Crippen molar-refractivity contribution in [2.24, 2.45) is 0 Å². The number of hydrogen-bond acceptors (Lipinski definition) is 3. The van der Waals surface area contributed by atoms with Gasteiger partial charge < -0.3 is 4.98 Å². The largest absolute Gasteiger partial charge is 0.336 e. The molecule has 0 amide bonds. The number of nitrogens with one attached hydrogen (secondary N) is 1. The molecule has 0 aliphatic carbocycles. The predicted octanol–water partition coefficient (Wildman–Crippen LogP) is 3.30. The highest BCUT2D eigenvalue weighted by Gasteiger charge is 2.10. The number of pyridine rings is 1. The summed E-state index contributed by atoms with van der Waals surface area (Å²) in [5.41, 5.74) is 4.26. The predicted molar refractivity (Wildman–Crippen MR) is 66.7 cm³/mol. The molecule has 0 radical (unpaired) electrons. The highest BCUT2D eigenvalue weighted by atomic mass is 32.1. The minimum atomic E-state index is 0.794. The lowest BCUT2D eigenvalue weighted by atomic mass is 10.3. The Bertz CT molecular complexity index is 651. The SMILES string of the molecule is Cc1ccsc1-c1nc2nccc(C)c2[nH]1. The number of fused-ring (bicyclic) bond motifs is 1. The van der Waals surface area contributed by atoms with Crippen molar-refractivity contribution in [1.29, 1.82) is 0 Å². The van der Waals surface area contributed by atoms with Gasteiger partial charge in [-0.25, -0.2) is 9.97 Å². The van der Waals surface area contributed by atoms with Crippen molar-refractivity contribution >= 4 is 22.5 Å². The van der Waals surface area contributed by atoms with E-state index in [1.54, 1.807) is 17.5 Å². The van der Waals surface area contributed by atoms with E-state index in [1.165, 1.54) is 16.0 Å². The number of H-pyrrole nitrogens is 1. The van der Waals surface area contributed by atoms with Crippen LogP contribution in [-0.4, -0.2) is 15.0 Å². The van der Waals surface area contributed by atoms with Gasteiger partial charge in [0.25, 0.3) is 0 Å². The summed E-state index contributed by atoms with van der Waals surface area (Å²) < 4.78 is 0. The van der Waals surface area contributed by atoms with Crippen LogP contribution < -0.4 is 0 Å². The van der Waals surface area contributed by atoms with Crippen LogP contribution in [0.3, 0.4) is 0 Å². The van der Waals surface area contributed by atoms with E-state index in [4.69, 9.17) is 0 Å². The van der Waals surface area contributed by atoms with Crippen molar-refractivity contribution in [2.75, 3.05) is 0 Å². The van der Waals surface area contributed by atoms with E-state index in [0.29, 0.717) is 0 Å². The summed E-state index contributed by atoms with van der Waals surface area (Å²) in [7, 11) is 0. The van der Waals surface area contributed by atoms with E-state index in [1.807, 2.05) is 6.07 Å².